The molecule has 6 heteroatoms. The van der Waals surface area contributed by atoms with Crippen LogP contribution >= 0.6 is 0 Å². The Morgan fingerprint density at radius 1 is 1.29 bits per heavy atom. The first-order valence-corrected chi connectivity index (χ1v) is 7.95. The van der Waals surface area contributed by atoms with Crippen molar-refractivity contribution < 1.29 is 4.79 Å². The van der Waals surface area contributed by atoms with E-state index in [2.05, 4.69) is 20.4 Å². The van der Waals surface area contributed by atoms with Gasteiger partial charge < -0.3 is 10.3 Å². The van der Waals surface area contributed by atoms with E-state index >= 15 is 0 Å². The highest BCUT2D eigenvalue weighted by Gasteiger charge is 2.12. The Bertz CT molecular complexity index is 818. The topological polar surface area (TPSA) is 75.6 Å². The Kier molecular flexibility index (Phi) is 4.46. The van der Waals surface area contributed by atoms with E-state index in [4.69, 9.17) is 0 Å². The molecule has 0 bridgehead atoms. The highest BCUT2D eigenvalue weighted by atomic mass is 16.1. The Balaban J connectivity index is 1.66. The van der Waals surface area contributed by atoms with Crippen molar-refractivity contribution in [3.63, 3.8) is 0 Å². The SMILES string of the molecule is Cc1nc(-c2ccc(C(=O)NC(C)Cn3cccn3)cc2)c(C)[nH]1. The number of nitrogens with zero attached hydrogens (tertiary/aromatic N) is 3. The fourth-order valence-corrected chi connectivity index (χ4v) is 2.71. The molecule has 0 saturated carbocycles. The van der Waals surface area contributed by atoms with Crippen LogP contribution in [-0.2, 0) is 6.54 Å². The Hall–Kier alpha value is -2.89. The number of aromatic nitrogens is 4. The molecule has 2 aromatic heterocycles. The summed E-state index contributed by atoms with van der Waals surface area (Å²) in [5.74, 6) is 0.799. The molecule has 0 aliphatic heterocycles. The minimum Gasteiger partial charge on any atom is -0.348 e. The molecule has 0 radical (unpaired) electrons. The largest absolute Gasteiger partial charge is 0.348 e. The quantitative estimate of drug-likeness (QED) is 0.758. The number of carbonyl (C=O) groups excluding carboxylic acids is 1. The van der Waals surface area contributed by atoms with Gasteiger partial charge in [-0.1, -0.05) is 12.1 Å². The molecule has 0 saturated heterocycles. The number of imidazole rings is 1. The van der Waals surface area contributed by atoms with E-state index in [1.54, 1.807) is 10.9 Å². The van der Waals surface area contributed by atoms with Crippen LogP contribution in [0.2, 0.25) is 0 Å². The van der Waals surface area contributed by atoms with E-state index < -0.39 is 0 Å². The highest BCUT2D eigenvalue weighted by molar-refractivity contribution is 5.94. The van der Waals surface area contributed by atoms with Crippen LogP contribution in [0.15, 0.2) is 42.7 Å². The van der Waals surface area contributed by atoms with Gasteiger partial charge in [0.1, 0.15) is 5.82 Å². The van der Waals surface area contributed by atoms with Gasteiger partial charge in [-0.2, -0.15) is 5.10 Å². The predicted molar refractivity (Wildman–Crippen MR) is 92.7 cm³/mol. The minimum atomic E-state index is -0.0869. The maximum absolute atomic E-state index is 12.3. The Labute approximate surface area is 140 Å². The number of rotatable bonds is 5. The van der Waals surface area contributed by atoms with Crippen LogP contribution in [0, 0.1) is 13.8 Å². The third-order valence-electron chi connectivity index (χ3n) is 3.82. The van der Waals surface area contributed by atoms with E-state index in [-0.39, 0.29) is 11.9 Å². The standard InChI is InChI=1S/C18H21N5O/c1-12(11-23-10-4-9-19-23)20-18(24)16-7-5-15(6-8-16)17-13(2)21-14(3)22-17/h4-10,12H,11H2,1-3H3,(H,20,24)(H,21,22). The van der Waals surface area contributed by atoms with E-state index in [9.17, 15) is 4.79 Å². The predicted octanol–water partition coefficient (Wildman–Crippen LogP) is 2.71. The fourth-order valence-electron chi connectivity index (χ4n) is 2.71. The number of carbonyl (C=O) groups is 1. The lowest BCUT2D eigenvalue weighted by atomic mass is 10.1. The van der Waals surface area contributed by atoms with E-state index in [1.807, 2.05) is 57.3 Å². The average Bonchev–Trinajstić information content (AvgIpc) is 3.16. The van der Waals surface area contributed by atoms with Crippen molar-refractivity contribution in [2.75, 3.05) is 0 Å². The number of benzene rings is 1. The molecular weight excluding hydrogens is 302 g/mol. The monoisotopic (exact) mass is 323 g/mol. The molecule has 0 spiro atoms. The summed E-state index contributed by atoms with van der Waals surface area (Å²) in [6.45, 7) is 6.53. The van der Waals surface area contributed by atoms with Gasteiger partial charge in [-0.25, -0.2) is 4.98 Å². The van der Waals surface area contributed by atoms with Crippen molar-refractivity contribution in [3.8, 4) is 11.3 Å². The summed E-state index contributed by atoms with van der Waals surface area (Å²) in [4.78, 5) is 20.0. The van der Waals surface area contributed by atoms with Crippen molar-refractivity contribution in [2.24, 2.45) is 0 Å². The molecule has 124 valence electrons. The lowest BCUT2D eigenvalue weighted by Crippen LogP contribution is -2.35. The molecule has 2 N–H and O–H groups in total. The Morgan fingerprint density at radius 2 is 2.04 bits per heavy atom. The van der Waals surface area contributed by atoms with Crippen LogP contribution in [0.5, 0.6) is 0 Å². The van der Waals surface area contributed by atoms with Crippen LogP contribution in [0.3, 0.4) is 0 Å². The zero-order valence-corrected chi connectivity index (χ0v) is 14.1. The summed E-state index contributed by atoms with van der Waals surface area (Å²) in [5.41, 5.74) is 3.58. The van der Waals surface area contributed by atoms with Crippen molar-refractivity contribution >= 4 is 5.91 Å². The lowest BCUT2D eigenvalue weighted by Gasteiger charge is -2.14. The molecule has 1 aromatic carbocycles. The second-order valence-electron chi connectivity index (χ2n) is 5.98. The van der Waals surface area contributed by atoms with Crippen LogP contribution in [0.25, 0.3) is 11.3 Å². The normalized spacial score (nSPS) is 12.1. The van der Waals surface area contributed by atoms with Gasteiger partial charge in [0.15, 0.2) is 0 Å². The number of amides is 1. The maximum atomic E-state index is 12.3. The Morgan fingerprint density at radius 3 is 2.62 bits per heavy atom. The van der Waals surface area contributed by atoms with Gasteiger partial charge in [0, 0.05) is 35.3 Å². The molecular formula is C18H21N5O. The molecule has 24 heavy (non-hydrogen) atoms. The van der Waals surface area contributed by atoms with Crippen molar-refractivity contribution in [3.05, 3.63) is 59.8 Å². The van der Waals surface area contributed by atoms with Gasteiger partial charge in [0.2, 0.25) is 0 Å². The second-order valence-corrected chi connectivity index (χ2v) is 5.98. The molecule has 1 atom stereocenters. The summed E-state index contributed by atoms with van der Waals surface area (Å²) < 4.78 is 1.80. The second kappa shape index (κ2) is 6.70. The first kappa shape index (κ1) is 16.0. The van der Waals surface area contributed by atoms with Crippen LogP contribution in [-0.4, -0.2) is 31.7 Å². The third kappa shape index (κ3) is 3.53. The molecule has 3 aromatic rings. The number of nitrogens with one attached hydrogen (secondary N) is 2. The number of hydrogen-bond donors (Lipinski definition) is 2. The van der Waals surface area contributed by atoms with E-state index in [0.717, 1.165) is 22.8 Å². The molecule has 6 nitrogen and oxygen atoms in total. The van der Waals surface area contributed by atoms with Gasteiger partial charge in [-0.3, -0.25) is 9.48 Å². The third-order valence-corrected chi connectivity index (χ3v) is 3.82. The van der Waals surface area contributed by atoms with Gasteiger partial charge >= 0.3 is 0 Å². The first-order valence-electron chi connectivity index (χ1n) is 7.95. The number of hydrogen-bond acceptors (Lipinski definition) is 3. The van der Waals surface area contributed by atoms with E-state index in [0.29, 0.717) is 12.1 Å². The summed E-state index contributed by atoms with van der Waals surface area (Å²) >= 11 is 0. The van der Waals surface area contributed by atoms with Gasteiger partial charge in [-0.15, -0.1) is 0 Å². The summed E-state index contributed by atoms with van der Waals surface area (Å²) in [6, 6.07) is 9.37. The average molecular weight is 323 g/mol. The van der Waals surface area contributed by atoms with Gasteiger partial charge in [0.05, 0.1) is 12.2 Å². The van der Waals surface area contributed by atoms with Crippen LogP contribution < -0.4 is 5.32 Å². The minimum absolute atomic E-state index is 0.00619. The summed E-state index contributed by atoms with van der Waals surface area (Å²) in [5, 5.41) is 7.13. The maximum Gasteiger partial charge on any atom is 0.251 e. The molecule has 0 aliphatic rings. The molecule has 1 unspecified atom stereocenters. The summed E-state index contributed by atoms with van der Waals surface area (Å²) in [6.07, 6.45) is 3.61. The molecule has 1 amide bonds. The van der Waals surface area contributed by atoms with Crippen molar-refractivity contribution in [2.45, 2.75) is 33.4 Å². The highest BCUT2D eigenvalue weighted by Crippen LogP contribution is 2.21. The van der Waals surface area contributed by atoms with Crippen molar-refractivity contribution in [1.82, 2.24) is 25.1 Å². The molecule has 0 fully saturated rings. The lowest BCUT2D eigenvalue weighted by molar-refractivity contribution is 0.0936. The fraction of sp³-hybridized carbons (Fsp3) is 0.278. The van der Waals surface area contributed by atoms with E-state index in [1.165, 1.54) is 0 Å². The number of aromatic amines is 1. The van der Waals surface area contributed by atoms with Crippen LogP contribution in [0.1, 0.15) is 28.8 Å². The zero-order chi connectivity index (χ0) is 17.1. The zero-order valence-electron chi connectivity index (χ0n) is 14.1. The van der Waals surface area contributed by atoms with Crippen LogP contribution in [0.4, 0.5) is 0 Å². The summed E-state index contributed by atoms with van der Waals surface area (Å²) in [7, 11) is 0. The van der Waals surface area contributed by atoms with Crippen molar-refractivity contribution in [1.29, 1.82) is 0 Å². The smallest absolute Gasteiger partial charge is 0.251 e. The number of aryl methyl sites for hydroxylation is 2. The van der Waals surface area contributed by atoms with Gasteiger partial charge in [0.25, 0.3) is 5.91 Å². The molecule has 2 heterocycles. The molecule has 0 aliphatic carbocycles. The first-order chi connectivity index (χ1) is 11.5. The van der Waals surface area contributed by atoms with Gasteiger partial charge in [-0.05, 0) is 39.0 Å². The number of H-pyrrole nitrogens is 1. The molecule has 3 rings (SSSR count).